The summed E-state index contributed by atoms with van der Waals surface area (Å²) in [6.45, 7) is 5.31. The van der Waals surface area contributed by atoms with E-state index in [1.54, 1.807) is 27.0 Å². The van der Waals surface area contributed by atoms with E-state index in [9.17, 15) is 9.59 Å². The number of amides is 1. The molecule has 1 amide bonds. The predicted octanol–water partition coefficient (Wildman–Crippen LogP) is 2.95. The van der Waals surface area contributed by atoms with Gasteiger partial charge in [-0.15, -0.1) is 11.3 Å². The van der Waals surface area contributed by atoms with Gasteiger partial charge in [-0.05, 0) is 20.8 Å². The quantitative estimate of drug-likeness (QED) is 0.866. The minimum atomic E-state index is -0.582. The Bertz CT molecular complexity index is 428. The molecule has 18 heavy (non-hydrogen) atoms. The lowest BCUT2D eigenvalue weighted by molar-refractivity contribution is -0.108. The molecule has 0 saturated heterocycles. The summed E-state index contributed by atoms with van der Waals surface area (Å²) in [5, 5.41) is 2.62. The van der Waals surface area contributed by atoms with Gasteiger partial charge in [0.05, 0.1) is 6.04 Å². The first-order valence-corrected chi connectivity index (χ1v) is 6.55. The lowest BCUT2D eigenvalue weighted by atomic mass is 10.2. The molecule has 1 atom stereocenters. The van der Waals surface area contributed by atoms with Gasteiger partial charge >= 0.3 is 6.09 Å². The SMILES string of the molecule is CC(C)(C)OC(=O)N[C@H](CC=O)c1cnc(Cl)s1. The molecule has 1 heterocycles. The zero-order valence-corrected chi connectivity index (χ0v) is 12.0. The van der Waals surface area contributed by atoms with Crippen LogP contribution in [0, 0.1) is 0 Å². The van der Waals surface area contributed by atoms with Gasteiger partial charge < -0.3 is 14.8 Å². The van der Waals surface area contributed by atoms with Gasteiger partial charge in [0.1, 0.15) is 11.9 Å². The molecule has 0 spiro atoms. The fraction of sp³-hybridized carbons (Fsp3) is 0.545. The fourth-order valence-electron chi connectivity index (χ4n) is 1.22. The van der Waals surface area contributed by atoms with Gasteiger partial charge in [0.15, 0.2) is 4.47 Å². The molecule has 0 aliphatic heterocycles. The van der Waals surface area contributed by atoms with E-state index in [0.29, 0.717) is 4.47 Å². The zero-order valence-electron chi connectivity index (χ0n) is 10.4. The molecule has 0 aliphatic carbocycles. The number of aldehydes is 1. The lowest BCUT2D eigenvalue weighted by Gasteiger charge is -2.22. The average Bonchev–Trinajstić information content (AvgIpc) is 2.61. The van der Waals surface area contributed by atoms with E-state index in [0.717, 1.165) is 11.2 Å². The molecule has 0 fully saturated rings. The first-order valence-electron chi connectivity index (χ1n) is 5.36. The number of hydrogen-bond acceptors (Lipinski definition) is 5. The van der Waals surface area contributed by atoms with Crippen LogP contribution in [0.1, 0.15) is 38.1 Å². The van der Waals surface area contributed by atoms with Crippen LogP contribution in [0.25, 0.3) is 0 Å². The van der Waals surface area contributed by atoms with Crippen molar-refractivity contribution in [1.82, 2.24) is 10.3 Å². The molecular weight excluding hydrogens is 276 g/mol. The van der Waals surface area contributed by atoms with Crippen molar-refractivity contribution in [2.75, 3.05) is 0 Å². The summed E-state index contributed by atoms with van der Waals surface area (Å²) < 4.78 is 5.50. The van der Waals surface area contributed by atoms with Crippen molar-refractivity contribution in [3.05, 3.63) is 15.5 Å². The van der Waals surface area contributed by atoms with Crippen LogP contribution in [-0.4, -0.2) is 23.0 Å². The number of halogens is 1. The number of nitrogens with zero attached hydrogens (tertiary/aromatic N) is 1. The number of thiazole rings is 1. The second-order valence-corrected chi connectivity index (χ2v) is 6.26. The highest BCUT2D eigenvalue weighted by Gasteiger charge is 2.21. The smallest absolute Gasteiger partial charge is 0.408 e. The highest BCUT2D eigenvalue weighted by molar-refractivity contribution is 7.15. The summed E-state index contributed by atoms with van der Waals surface area (Å²) in [7, 11) is 0. The topological polar surface area (TPSA) is 68.3 Å². The molecular formula is C11H15ClN2O3S. The van der Waals surface area contributed by atoms with Crippen molar-refractivity contribution in [1.29, 1.82) is 0 Å². The van der Waals surface area contributed by atoms with Gasteiger partial charge in [-0.3, -0.25) is 0 Å². The summed E-state index contributed by atoms with van der Waals surface area (Å²) in [4.78, 5) is 26.8. The number of rotatable bonds is 4. The van der Waals surface area contributed by atoms with Crippen molar-refractivity contribution in [2.24, 2.45) is 0 Å². The van der Waals surface area contributed by atoms with Crippen molar-refractivity contribution in [3.8, 4) is 0 Å². The molecule has 100 valence electrons. The van der Waals surface area contributed by atoms with Crippen LogP contribution in [0.4, 0.5) is 4.79 Å². The molecule has 0 saturated carbocycles. The largest absolute Gasteiger partial charge is 0.444 e. The van der Waals surface area contributed by atoms with Gasteiger partial charge in [-0.1, -0.05) is 11.6 Å². The van der Waals surface area contributed by atoms with E-state index < -0.39 is 17.7 Å². The van der Waals surface area contributed by atoms with E-state index >= 15 is 0 Å². The number of carbonyl (C=O) groups excluding carboxylic acids is 2. The van der Waals surface area contributed by atoms with E-state index in [-0.39, 0.29) is 6.42 Å². The monoisotopic (exact) mass is 290 g/mol. The Kier molecular flexibility index (Phi) is 5.10. The predicted molar refractivity (Wildman–Crippen MR) is 69.9 cm³/mol. The number of aromatic nitrogens is 1. The molecule has 0 aromatic carbocycles. The number of alkyl carbamates (subject to hydrolysis) is 1. The Morgan fingerprint density at radius 1 is 1.67 bits per heavy atom. The second-order valence-electron chi connectivity index (χ2n) is 4.62. The lowest BCUT2D eigenvalue weighted by Crippen LogP contribution is -2.34. The number of ether oxygens (including phenoxy) is 1. The third-order valence-electron chi connectivity index (χ3n) is 1.86. The van der Waals surface area contributed by atoms with Gasteiger partial charge in [0.2, 0.25) is 0 Å². The number of nitrogens with one attached hydrogen (secondary N) is 1. The van der Waals surface area contributed by atoms with Crippen LogP contribution in [0.5, 0.6) is 0 Å². The Morgan fingerprint density at radius 2 is 2.33 bits per heavy atom. The molecule has 0 unspecified atom stereocenters. The second kappa shape index (κ2) is 6.15. The number of hydrogen-bond donors (Lipinski definition) is 1. The van der Waals surface area contributed by atoms with Crippen LogP contribution in [0.3, 0.4) is 0 Å². The molecule has 0 radical (unpaired) electrons. The molecule has 1 aromatic rings. The molecule has 0 bridgehead atoms. The van der Waals surface area contributed by atoms with Gasteiger partial charge in [-0.25, -0.2) is 9.78 Å². The fourth-order valence-corrected chi connectivity index (χ4v) is 2.24. The molecule has 7 heteroatoms. The first kappa shape index (κ1) is 14.9. The summed E-state index contributed by atoms with van der Waals surface area (Å²) in [6.07, 6.45) is 1.85. The molecule has 0 aliphatic rings. The van der Waals surface area contributed by atoms with Crippen LogP contribution >= 0.6 is 22.9 Å². The number of carbonyl (C=O) groups is 2. The maximum absolute atomic E-state index is 11.6. The van der Waals surface area contributed by atoms with Crippen LogP contribution in [-0.2, 0) is 9.53 Å². The van der Waals surface area contributed by atoms with Crippen molar-refractivity contribution >= 4 is 35.3 Å². The minimum absolute atomic E-state index is 0.151. The summed E-state index contributed by atoms with van der Waals surface area (Å²) >= 11 is 6.94. The Hall–Kier alpha value is -1.14. The minimum Gasteiger partial charge on any atom is -0.444 e. The Morgan fingerprint density at radius 3 is 2.78 bits per heavy atom. The van der Waals surface area contributed by atoms with E-state index in [2.05, 4.69) is 10.3 Å². The van der Waals surface area contributed by atoms with Crippen molar-refractivity contribution in [2.45, 2.75) is 38.8 Å². The molecule has 5 nitrogen and oxygen atoms in total. The zero-order chi connectivity index (χ0) is 13.8. The van der Waals surface area contributed by atoms with Crippen molar-refractivity contribution in [3.63, 3.8) is 0 Å². The van der Waals surface area contributed by atoms with Gasteiger partial charge in [0.25, 0.3) is 0 Å². The first-order chi connectivity index (χ1) is 8.31. The van der Waals surface area contributed by atoms with E-state index in [4.69, 9.17) is 16.3 Å². The summed E-state index contributed by atoms with van der Waals surface area (Å²) in [5.41, 5.74) is -0.582. The normalized spacial score (nSPS) is 12.9. The molecule has 1 aromatic heterocycles. The van der Waals surface area contributed by atoms with Gasteiger partial charge in [-0.2, -0.15) is 0 Å². The molecule has 1 N–H and O–H groups in total. The average molecular weight is 291 g/mol. The van der Waals surface area contributed by atoms with Crippen LogP contribution < -0.4 is 5.32 Å². The summed E-state index contributed by atoms with van der Waals surface area (Å²) in [5.74, 6) is 0. The highest BCUT2D eigenvalue weighted by Crippen LogP contribution is 2.26. The van der Waals surface area contributed by atoms with Crippen molar-refractivity contribution < 1.29 is 14.3 Å². The Balaban J connectivity index is 2.69. The Labute approximate surface area is 115 Å². The third kappa shape index (κ3) is 5.01. The van der Waals surface area contributed by atoms with Crippen LogP contribution in [0.15, 0.2) is 6.20 Å². The summed E-state index contributed by atoms with van der Waals surface area (Å²) in [6, 6.07) is -0.456. The van der Waals surface area contributed by atoms with Gasteiger partial charge in [0, 0.05) is 17.5 Å². The maximum Gasteiger partial charge on any atom is 0.408 e. The van der Waals surface area contributed by atoms with E-state index in [1.165, 1.54) is 11.3 Å². The highest BCUT2D eigenvalue weighted by atomic mass is 35.5. The van der Waals surface area contributed by atoms with Crippen LogP contribution in [0.2, 0.25) is 4.47 Å². The molecule has 1 rings (SSSR count). The third-order valence-corrected chi connectivity index (χ3v) is 3.09. The maximum atomic E-state index is 11.6. The standard InChI is InChI=1S/C11H15ClN2O3S/c1-11(2,3)17-10(16)14-7(4-5-15)8-6-13-9(12)18-8/h5-7H,4H2,1-3H3,(H,14,16)/t7-/m1/s1. The van der Waals surface area contributed by atoms with E-state index in [1.807, 2.05) is 0 Å².